The predicted molar refractivity (Wildman–Crippen MR) is 57.5 cm³/mol. The number of rotatable bonds is 3. The zero-order valence-electron chi connectivity index (χ0n) is 8.16. The summed E-state index contributed by atoms with van der Waals surface area (Å²) in [5, 5.41) is 0. The van der Waals surface area contributed by atoms with Crippen LogP contribution in [0.3, 0.4) is 0 Å². The number of dihydropyridines is 1. The van der Waals surface area contributed by atoms with Gasteiger partial charge in [0.15, 0.2) is 0 Å². The Morgan fingerprint density at radius 3 is 2.93 bits per heavy atom. The van der Waals surface area contributed by atoms with E-state index in [1.807, 2.05) is 0 Å². The van der Waals surface area contributed by atoms with Crippen LogP contribution in [0.15, 0.2) is 16.8 Å². The number of amides is 1. The summed E-state index contributed by atoms with van der Waals surface area (Å²) in [5.41, 5.74) is 0.521. The van der Waals surface area contributed by atoms with Crippen LogP contribution < -0.4 is 0 Å². The molecule has 0 bridgehead atoms. The van der Waals surface area contributed by atoms with Gasteiger partial charge in [0, 0.05) is 18.8 Å². The van der Waals surface area contributed by atoms with Gasteiger partial charge in [-0.2, -0.15) is 0 Å². The van der Waals surface area contributed by atoms with Crippen molar-refractivity contribution in [2.75, 3.05) is 13.1 Å². The summed E-state index contributed by atoms with van der Waals surface area (Å²) < 4.78 is 24.5. The molecule has 1 amide bonds. The molecule has 0 radical (unpaired) electrons. The molecule has 0 aromatic heterocycles. The van der Waals surface area contributed by atoms with Crippen LogP contribution in [0.2, 0.25) is 0 Å². The fourth-order valence-electron chi connectivity index (χ4n) is 1.29. The average Bonchev–Trinajstić information content (AvgIpc) is 2.13. The van der Waals surface area contributed by atoms with E-state index in [0.29, 0.717) is 5.70 Å². The minimum absolute atomic E-state index is 0.0965. The summed E-state index contributed by atoms with van der Waals surface area (Å²) >= 11 is 3.26. The number of carbonyl (C=O) groups excluding carboxylic acids is 1. The number of hydrogen-bond acceptors (Lipinski definition) is 2. The molecule has 1 aliphatic rings. The number of nitrogens with zero attached hydrogens (tertiary/aromatic N) is 2. The monoisotopic (exact) mass is 280 g/mol. The van der Waals surface area contributed by atoms with Crippen molar-refractivity contribution < 1.29 is 13.6 Å². The molecule has 15 heavy (non-hydrogen) atoms. The van der Waals surface area contributed by atoms with Crippen LogP contribution >= 0.6 is 15.9 Å². The maximum Gasteiger partial charge on any atom is 0.256 e. The van der Waals surface area contributed by atoms with Crippen LogP contribution in [-0.2, 0) is 4.79 Å². The first-order valence-corrected chi connectivity index (χ1v) is 5.33. The van der Waals surface area contributed by atoms with E-state index in [4.69, 9.17) is 0 Å². The van der Waals surface area contributed by atoms with Gasteiger partial charge in [0.2, 0.25) is 5.91 Å². The molecule has 1 unspecified atom stereocenters. The number of carbonyl (C=O) groups is 1. The summed E-state index contributed by atoms with van der Waals surface area (Å²) in [5.74, 6) is -0.390. The number of alkyl halides is 3. The lowest BCUT2D eigenvalue weighted by atomic mass is 10.2. The van der Waals surface area contributed by atoms with Crippen molar-refractivity contribution in [2.45, 2.75) is 18.2 Å². The molecule has 1 rings (SSSR count). The van der Waals surface area contributed by atoms with Crippen LogP contribution in [0.4, 0.5) is 8.78 Å². The molecule has 0 saturated heterocycles. The molecule has 0 aliphatic carbocycles. The topological polar surface area (TPSA) is 32.7 Å². The Bertz CT molecular complexity index is 304. The average molecular weight is 281 g/mol. The van der Waals surface area contributed by atoms with Crippen molar-refractivity contribution in [2.24, 2.45) is 4.99 Å². The van der Waals surface area contributed by atoms with Crippen molar-refractivity contribution in [1.82, 2.24) is 4.90 Å². The smallest absolute Gasteiger partial charge is 0.256 e. The normalized spacial score (nSPS) is 20.3. The Balaban J connectivity index is 2.76. The second kappa shape index (κ2) is 5.34. The van der Waals surface area contributed by atoms with Gasteiger partial charge < -0.3 is 4.90 Å². The van der Waals surface area contributed by atoms with Crippen LogP contribution in [-0.4, -0.2) is 41.4 Å². The van der Waals surface area contributed by atoms with E-state index >= 15 is 0 Å². The van der Waals surface area contributed by atoms with E-state index < -0.39 is 18.9 Å². The van der Waals surface area contributed by atoms with Gasteiger partial charge in [-0.1, -0.05) is 15.9 Å². The third-order valence-corrected chi connectivity index (χ3v) is 2.40. The summed E-state index contributed by atoms with van der Waals surface area (Å²) in [6.45, 7) is 0.968. The Labute approximate surface area is 95.0 Å². The van der Waals surface area contributed by atoms with Crippen LogP contribution in [0.1, 0.15) is 6.92 Å². The molecule has 1 aliphatic heterocycles. The highest BCUT2D eigenvalue weighted by molar-refractivity contribution is 9.10. The van der Waals surface area contributed by atoms with Crippen molar-refractivity contribution in [3.8, 4) is 0 Å². The number of allylic oxidation sites excluding steroid dienone is 1. The van der Waals surface area contributed by atoms with E-state index in [0.717, 1.165) is 4.90 Å². The lowest BCUT2D eigenvalue weighted by molar-refractivity contribution is -0.128. The Hall–Kier alpha value is -0.780. The number of halogens is 3. The van der Waals surface area contributed by atoms with Crippen LogP contribution in [0, 0.1) is 0 Å². The van der Waals surface area contributed by atoms with Crippen molar-refractivity contribution in [3.63, 3.8) is 0 Å². The molecule has 0 fully saturated rings. The summed E-state index contributed by atoms with van der Waals surface area (Å²) in [7, 11) is 0. The highest BCUT2D eigenvalue weighted by Gasteiger charge is 2.20. The van der Waals surface area contributed by atoms with Gasteiger partial charge in [-0.05, 0) is 6.08 Å². The first kappa shape index (κ1) is 12.3. The van der Waals surface area contributed by atoms with E-state index in [1.54, 1.807) is 12.3 Å². The molecule has 84 valence electrons. The molecule has 0 saturated carbocycles. The molecule has 1 heterocycles. The lowest BCUT2D eigenvalue weighted by Gasteiger charge is -2.25. The van der Waals surface area contributed by atoms with Crippen LogP contribution in [0.25, 0.3) is 0 Å². The molecule has 0 aromatic carbocycles. The maximum absolute atomic E-state index is 12.2. The van der Waals surface area contributed by atoms with Crippen LogP contribution in [0.5, 0.6) is 0 Å². The number of hydrogen-bond donors (Lipinski definition) is 0. The minimum atomic E-state index is -2.53. The summed E-state index contributed by atoms with van der Waals surface area (Å²) in [6, 6.07) is 0. The highest BCUT2D eigenvalue weighted by atomic mass is 79.9. The second-order valence-corrected chi connectivity index (χ2v) is 4.17. The fourth-order valence-corrected chi connectivity index (χ4v) is 1.76. The first-order valence-electron chi connectivity index (χ1n) is 4.41. The Morgan fingerprint density at radius 1 is 1.80 bits per heavy atom. The standard InChI is InChI=1S/C9H11BrF2N2O/c1-6(15)14(5-9(11)12)8-2-7(10)3-13-4-8/h2-3,7,9H,4-5H2,1H3. The highest BCUT2D eigenvalue weighted by Crippen LogP contribution is 2.15. The lowest BCUT2D eigenvalue weighted by Crippen LogP contribution is -2.35. The molecule has 3 nitrogen and oxygen atoms in total. The molecular weight excluding hydrogens is 270 g/mol. The van der Waals surface area contributed by atoms with E-state index in [-0.39, 0.29) is 11.4 Å². The second-order valence-electron chi connectivity index (χ2n) is 3.11. The zero-order chi connectivity index (χ0) is 11.4. The van der Waals surface area contributed by atoms with Gasteiger partial charge in [0.1, 0.15) is 0 Å². The summed E-state index contributed by atoms with van der Waals surface area (Å²) in [6.07, 6.45) is 0.829. The largest absolute Gasteiger partial charge is 0.309 e. The van der Waals surface area contributed by atoms with Crippen molar-refractivity contribution >= 4 is 28.1 Å². The van der Waals surface area contributed by atoms with E-state index in [2.05, 4.69) is 20.9 Å². The Kier molecular flexibility index (Phi) is 4.38. The molecular formula is C9H11BrF2N2O. The molecule has 0 spiro atoms. The molecule has 0 aromatic rings. The minimum Gasteiger partial charge on any atom is -0.309 e. The van der Waals surface area contributed by atoms with Gasteiger partial charge >= 0.3 is 0 Å². The SMILES string of the molecule is CC(=O)N(CC(F)F)C1=CC(Br)C=NC1. The van der Waals surface area contributed by atoms with Gasteiger partial charge in [-0.15, -0.1) is 0 Å². The third kappa shape index (κ3) is 3.70. The van der Waals surface area contributed by atoms with Gasteiger partial charge in [-0.25, -0.2) is 8.78 Å². The molecule has 0 N–H and O–H groups in total. The molecule has 1 atom stereocenters. The zero-order valence-corrected chi connectivity index (χ0v) is 9.75. The quantitative estimate of drug-likeness (QED) is 0.726. The van der Waals surface area contributed by atoms with E-state index in [9.17, 15) is 13.6 Å². The summed E-state index contributed by atoms with van der Waals surface area (Å²) in [4.78, 5) is 16.1. The third-order valence-electron chi connectivity index (χ3n) is 1.90. The number of aliphatic imine (C=N–C) groups is 1. The first-order chi connectivity index (χ1) is 7.00. The van der Waals surface area contributed by atoms with Gasteiger partial charge in [0.25, 0.3) is 6.43 Å². The maximum atomic E-state index is 12.2. The van der Waals surface area contributed by atoms with Crippen molar-refractivity contribution in [3.05, 3.63) is 11.8 Å². The predicted octanol–water partition coefficient (Wildman–Crippen LogP) is 1.83. The van der Waals surface area contributed by atoms with E-state index in [1.165, 1.54) is 6.92 Å². The van der Waals surface area contributed by atoms with Gasteiger partial charge in [0.05, 0.1) is 17.9 Å². The molecule has 6 heteroatoms. The van der Waals surface area contributed by atoms with Gasteiger partial charge in [-0.3, -0.25) is 9.79 Å². The Morgan fingerprint density at radius 2 is 2.47 bits per heavy atom. The van der Waals surface area contributed by atoms with Crippen molar-refractivity contribution in [1.29, 1.82) is 0 Å². The fraction of sp³-hybridized carbons (Fsp3) is 0.556.